The van der Waals surface area contributed by atoms with Gasteiger partial charge in [0.25, 0.3) is 0 Å². The van der Waals surface area contributed by atoms with Crippen LogP contribution in [0.15, 0.2) is 143 Å². The Morgan fingerprint density at radius 2 is 1.18 bits per heavy atom. The Hall–Kier alpha value is -3.85. The van der Waals surface area contributed by atoms with Gasteiger partial charge in [-0.2, -0.15) is 0 Å². The van der Waals surface area contributed by atoms with Gasteiger partial charge in [-0.1, -0.05) is 96.2 Å². The first-order valence-corrected chi connectivity index (χ1v) is 18.8. The molecule has 0 N–H and O–H groups in total. The van der Waals surface area contributed by atoms with Crippen LogP contribution < -0.4 is 20.8 Å². The quantitative estimate of drug-likeness (QED) is 0.147. The number of aryl methyl sites for hydroxylation is 2. The molecule has 5 heteroatoms. The number of hydrogen-bond donors (Lipinski definition) is 0. The SMILES string of the molecule is Cc1ccc(Sc2ccccc2N2CCN(C(=O)CCC[P+](c3ccccc3)(c3ccccc3)c3ccccc3)CC2)c(C)c1. The van der Waals surface area contributed by atoms with Gasteiger partial charge < -0.3 is 9.80 Å². The maximum Gasteiger partial charge on any atom is 0.222 e. The van der Waals surface area contributed by atoms with Gasteiger partial charge in [0.2, 0.25) is 5.91 Å². The summed E-state index contributed by atoms with van der Waals surface area (Å²) in [5.41, 5.74) is 3.86. The summed E-state index contributed by atoms with van der Waals surface area (Å²) < 4.78 is 0. The van der Waals surface area contributed by atoms with E-state index in [1.165, 1.54) is 42.5 Å². The van der Waals surface area contributed by atoms with Gasteiger partial charge in [0.15, 0.2) is 0 Å². The highest BCUT2D eigenvalue weighted by molar-refractivity contribution is 7.99. The summed E-state index contributed by atoms with van der Waals surface area (Å²) in [7, 11) is -1.92. The van der Waals surface area contributed by atoms with Gasteiger partial charge in [0.1, 0.15) is 23.2 Å². The molecule has 1 aliphatic rings. The Balaban J connectivity index is 1.13. The van der Waals surface area contributed by atoms with E-state index in [0.717, 1.165) is 38.8 Å². The van der Waals surface area contributed by atoms with Gasteiger partial charge in [0, 0.05) is 42.4 Å². The molecular formula is C40H42N2OPS+. The molecule has 1 heterocycles. The average molecular weight is 630 g/mol. The molecule has 5 aromatic rings. The molecule has 1 amide bonds. The number of piperazine rings is 1. The van der Waals surface area contributed by atoms with Crippen LogP contribution in [0.1, 0.15) is 24.0 Å². The van der Waals surface area contributed by atoms with Gasteiger partial charge in [-0.25, -0.2) is 0 Å². The molecule has 0 saturated carbocycles. The van der Waals surface area contributed by atoms with Gasteiger partial charge in [-0.05, 0) is 80.4 Å². The number of hydrogen-bond acceptors (Lipinski definition) is 3. The molecule has 1 aliphatic heterocycles. The standard InChI is InChI=1S/C40H42N2OPS/c1-32-24-25-38(33(2)31-32)45-39-22-13-12-21-37(39)41-26-28-42(29-27-41)40(43)23-14-30-44(34-15-6-3-7-16-34,35-17-8-4-9-18-35)36-19-10-5-11-20-36/h3-13,15-22,24-25,31H,14,23,26-30H2,1-2H3/q+1. The normalized spacial score (nSPS) is 13.6. The van der Waals surface area contributed by atoms with E-state index in [-0.39, 0.29) is 5.91 Å². The van der Waals surface area contributed by atoms with Gasteiger partial charge in [0.05, 0.1) is 11.8 Å². The number of benzene rings is 5. The van der Waals surface area contributed by atoms with Crippen LogP contribution in [0.25, 0.3) is 0 Å². The van der Waals surface area contributed by atoms with E-state index in [4.69, 9.17) is 0 Å². The van der Waals surface area contributed by atoms with Crippen molar-refractivity contribution in [3.63, 3.8) is 0 Å². The first-order valence-electron chi connectivity index (χ1n) is 16.0. The zero-order chi connectivity index (χ0) is 31.1. The maximum absolute atomic E-state index is 13.6. The highest BCUT2D eigenvalue weighted by Gasteiger charge is 2.44. The fourth-order valence-electron chi connectivity index (χ4n) is 6.54. The topological polar surface area (TPSA) is 23.6 Å². The van der Waals surface area contributed by atoms with Crippen LogP contribution in [0.5, 0.6) is 0 Å². The lowest BCUT2D eigenvalue weighted by Crippen LogP contribution is -2.49. The van der Waals surface area contributed by atoms with Crippen LogP contribution in [-0.2, 0) is 4.79 Å². The van der Waals surface area contributed by atoms with Crippen molar-refractivity contribution in [3.05, 3.63) is 145 Å². The van der Waals surface area contributed by atoms with Crippen molar-refractivity contribution in [1.82, 2.24) is 4.90 Å². The van der Waals surface area contributed by atoms with Crippen molar-refractivity contribution in [2.24, 2.45) is 0 Å². The van der Waals surface area contributed by atoms with E-state index in [1.54, 1.807) is 0 Å². The largest absolute Gasteiger partial charge is 0.367 e. The number of anilines is 1. The van der Waals surface area contributed by atoms with E-state index >= 15 is 0 Å². The third-order valence-electron chi connectivity index (χ3n) is 8.86. The highest BCUT2D eigenvalue weighted by Crippen LogP contribution is 2.56. The van der Waals surface area contributed by atoms with Crippen molar-refractivity contribution in [2.75, 3.05) is 37.2 Å². The number of nitrogens with zero attached hydrogens (tertiary/aromatic N) is 2. The third-order valence-corrected chi connectivity index (χ3v) is 14.6. The van der Waals surface area contributed by atoms with Crippen LogP contribution in [0, 0.1) is 13.8 Å². The first kappa shape index (κ1) is 31.1. The Morgan fingerprint density at radius 3 is 1.73 bits per heavy atom. The molecule has 0 bridgehead atoms. The lowest BCUT2D eigenvalue weighted by Gasteiger charge is -2.37. The second-order valence-corrected chi connectivity index (χ2v) is 16.5. The Labute approximate surface area is 273 Å². The van der Waals surface area contributed by atoms with Crippen molar-refractivity contribution >= 4 is 46.5 Å². The second-order valence-electron chi connectivity index (χ2n) is 11.9. The van der Waals surface area contributed by atoms with E-state index in [2.05, 4.69) is 157 Å². The van der Waals surface area contributed by atoms with Crippen LogP contribution in [0.2, 0.25) is 0 Å². The van der Waals surface area contributed by atoms with E-state index in [1.807, 2.05) is 11.8 Å². The predicted molar refractivity (Wildman–Crippen MR) is 195 cm³/mol. The monoisotopic (exact) mass is 629 g/mol. The molecule has 0 radical (unpaired) electrons. The molecular weight excluding hydrogens is 587 g/mol. The minimum atomic E-state index is -1.92. The molecule has 0 atom stereocenters. The third kappa shape index (κ3) is 7.03. The molecule has 228 valence electrons. The fraction of sp³-hybridized carbons (Fsp3) is 0.225. The van der Waals surface area contributed by atoms with Crippen molar-refractivity contribution in [1.29, 1.82) is 0 Å². The fourth-order valence-corrected chi connectivity index (χ4v) is 11.9. The van der Waals surface area contributed by atoms with Crippen LogP contribution in [-0.4, -0.2) is 43.1 Å². The van der Waals surface area contributed by atoms with Crippen LogP contribution >= 0.6 is 19.0 Å². The van der Waals surface area contributed by atoms with Crippen molar-refractivity contribution in [2.45, 2.75) is 36.5 Å². The summed E-state index contributed by atoms with van der Waals surface area (Å²) in [6, 6.07) is 48.3. The summed E-state index contributed by atoms with van der Waals surface area (Å²) in [4.78, 5) is 20.7. The lowest BCUT2D eigenvalue weighted by atomic mass is 10.2. The molecule has 3 nitrogen and oxygen atoms in total. The van der Waals surface area contributed by atoms with Gasteiger partial charge >= 0.3 is 0 Å². The average Bonchev–Trinajstić information content (AvgIpc) is 3.09. The molecule has 1 fully saturated rings. The maximum atomic E-state index is 13.6. The summed E-state index contributed by atoms with van der Waals surface area (Å²) >= 11 is 1.84. The summed E-state index contributed by atoms with van der Waals surface area (Å²) in [6.07, 6.45) is 2.41. The summed E-state index contributed by atoms with van der Waals surface area (Å²) in [5.74, 6) is 0.278. The smallest absolute Gasteiger partial charge is 0.222 e. The highest BCUT2D eigenvalue weighted by atomic mass is 32.2. The van der Waals surface area contributed by atoms with Gasteiger partial charge in [-0.3, -0.25) is 4.79 Å². The second kappa shape index (κ2) is 14.5. The van der Waals surface area contributed by atoms with Crippen LogP contribution in [0.3, 0.4) is 0 Å². The lowest BCUT2D eigenvalue weighted by molar-refractivity contribution is -0.131. The number of carbonyl (C=O) groups excluding carboxylic acids is 1. The molecule has 1 saturated heterocycles. The zero-order valence-corrected chi connectivity index (χ0v) is 28.0. The van der Waals surface area contributed by atoms with E-state index in [9.17, 15) is 4.79 Å². The number of para-hydroxylation sites is 1. The molecule has 6 rings (SSSR count). The molecule has 45 heavy (non-hydrogen) atoms. The van der Waals surface area contributed by atoms with Crippen molar-refractivity contribution in [3.8, 4) is 0 Å². The molecule has 0 unspecified atom stereocenters. The van der Waals surface area contributed by atoms with Crippen molar-refractivity contribution < 1.29 is 4.79 Å². The zero-order valence-electron chi connectivity index (χ0n) is 26.3. The molecule has 0 spiro atoms. The number of amides is 1. The first-order chi connectivity index (χ1) is 22.0. The summed E-state index contributed by atoms with van der Waals surface area (Å²) in [6.45, 7) is 7.56. The number of rotatable bonds is 10. The Bertz CT molecular complexity index is 1610. The van der Waals surface area contributed by atoms with Crippen LogP contribution in [0.4, 0.5) is 5.69 Å². The molecule has 5 aromatic carbocycles. The minimum absolute atomic E-state index is 0.278. The van der Waals surface area contributed by atoms with Gasteiger partial charge in [-0.15, -0.1) is 0 Å². The molecule has 0 aliphatic carbocycles. The Kier molecular flexibility index (Phi) is 10.0. The summed E-state index contributed by atoms with van der Waals surface area (Å²) in [5, 5.41) is 4.13. The van der Waals surface area contributed by atoms with E-state index < -0.39 is 7.26 Å². The predicted octanol–water partition coefficient (Wildman–Crippen LogP) is 7.88. The van der Waals surface area contributed by atoms with E-state index in [0.29, 0.717) is 6.42 Å². The molecule has 0 aromatic heterocycles. The number of carbonyl (C=O) groups is 1. The Morgan fingerprint density at radius 1 is 0.644 bits per heavy atom. The minimum Gasteiger partial charge on any atom is -0.367 e.